The largest absolute Gasteiger partial charge is 0.367 e. The van der Waals surface area contributed by atoms with Crippen LogP contribution in [-0.4, -0.2) is 21.8 Å². The molecule has 0 aliphatic carbocycles. The summed E-state index contributed by atoms with van der Waals surface area (Å²) in [6.45, 7) is 6.75. The molecule has 0 atom stereocenters. The van der Waals surface area contributed by atoms with Crippen LogP contribution in [0.2, 0.25) is 0 Å². The molecule has 134 valence electrons. The molecule has 1 heterocycles. The highest BCUT2D eigenvalue weighted by Gasteiger charge is 2.31. The second-order valence-corrected chi connectivity index (χ2v) is 8.26. The number of thioether (sulfide) groups is 1. The summed E-state index contributed by atoms with van der Waals surface area (Å²) in [5.41, 5.74) is 4.45. The molecule has 3 rings (SSSR count). The lowest BCUT2D eigenvalue weighted by molar-refractivity contribution is -0.121. The molecule has 1 aliphatic rings. The summed E-state index contributed by atoms with van der Waals surface area (Å²) in [6, 6.07) is 16.3. The van der Waals surface area contributed by atoms with Crippen LogP contribution in [0.5, 0.6) is 0 Å². The summed E-state index contributed by atoms with van der Waals surface area (Å²) in [5, 5.41) is 3.30. The van der Waals surface area contributed by atoms with Crippen LogP contribution >= 0.6 is 24.0 Å². The average Bonchev–Trinajstić information content (AvgIpc) is 2.88. The van der Waals surface area contributed by atoms with E-state index in [0.29, 0.717) is 21.8 Å². The number of hydrogen-bond acceptors (Lipinski definition) is 4. The number of thiocarbonyl (C=S) groups is 1. The molecule has 5 heteroatoms. The van der Waals surface area contributed by atoms with Gasteiger partial charge in [0.05, 0.1) is 11.6 Å². The number of carbonyl (C=O) groups excluding carboxylic acids is 1. The zero-order valence-corrected chi connectivity index (χ0v) is 16.8. The summed E-state index contributed by atoms with van der Waals surface area (Å²) in [7, 11) is 0. The maximum Gasteiger partial charge on any atom is 0.267 e. The molecule has 3 nitrogen and oxygen atoms in total. The Balaban J connectivity index is 1.71. The van der Waals surface area contributed by atoms with Crippen molar-refractivity contribution in [3.05, 3.63) is 70.1 Å². The van der Waals surface area contributed by atoms with E-state index in [1.165, 1.54) is 17.3 Å². The van der Waals surface area contributed by atoms with Crippen LogP contribution < -0.4 is 5.32 Å². The van der Waals surface area contributed by atoms with Crippen LogP contribution in [0.4, 0.5) is 5.69 Å². The third kappa shape index (κ3) is 4.17. The second-order valence-electron chi connectivity index (χ2n) is 6.58. The highest BCUT2D eigenvalue weighted by atomic mass is 32.2. The number of rotatable bonds is 5. The van der Waals surface area contributed by atoms with Crippen molar-refractivity contribution in [2.24, 2.45) is 0 Å². The van der Waals surface area contributed by atoms with E-state index in [0.717, 1.165) is 16.8 Å². The lowest BCUT2D eigenvalue weighted by Crippen LogP contribution is -2.33. The number of nitrogens with one attached hydrogen (secondary N) is 1. The third-order valence-corrected chi connectivity index (χ3v) is 5.72. The Labute approximate surface area is 164 Å². The van der Waals surface area contributed by atoms with E-state index < -0.39 is 0 Å². The van der Waals surface area contributed by atoms with Crippen LogP contribution in [0.15, 0.2) is 53.4 Å². The summed E-state index contributed by atoms with van der Waals surface area (Å²) in [4.78, 5) is 15.0. The fraction of sp³-hybridized carbons (Fsp3) is 0.238. The molecule has 0 unspecified atom stereocenters. The maximum absolute atomic E-state index is 12.7. The number of amides is 1. The smallest absolute Gasteiger partial charge is 0.267 e. The van der Waals surface area contributed by atoms with Gasteiger partial charge in [0.15, 0.2) is 0 Å². The van der Waals surface area contributed by atoms with Crippen molar-refractivity contribution in [3.63, 3.8) is 0 Å². The molecule has 26 heavy (non-hydrogen) atoms. The average molecular weight is 383 g/mol. The van der Waals surface area contributed by atoms with Crippen LogP contribution in [-0.2, 0) is 4.79 Å². The van der Waals surface area contributed by atoms with Gasteiger partial charge in [-0.15, -0.1) is 0 Å². The number of carbonyl (C=O) groups is 1. The quantitative estimate of drug-likeness (QED) is 0.555. The van der Waals surface area contributed by atoms with Crippen molar-refractivity contribution in [1.82, 2.24) is 4.90 Å². The Hall–Kier alpha value is -2.11. The standard InChI is InChI=1S/C21H22N2OS2/c1-14(2)17-10-8-16(9-11-17)12-19-20(24)23(21(25)26-19)13-22-18-7-5-4-6-15(18)3/h4-12,14,22H,13H2,1-3H3/b19-12-. The first-order valence-corrected chi connectivity index (χ1v) is 9.83. The minimum absolute atomic E-state index is 0.0472. The van der Waals surface area contributed by atoms with Crippen molar-refractivity contribution in [3.8, 4) is 0 Å². The van der Waals surface area contributed by atoms with Gasteiger partial charge in [-0.25, -0.2) is 0 Å². The van der Waals surface area contributed by atoms with Crippen molar-refractivity contribution in [2.45, 2.75) is 26.7 Å². The number of nitrogens with zero attached hydrogens (tertiary/aromatic N) is 1. The highest BCUT2D eigenvalue weighted by molar-refractivity contribution is 8.26. The first-order chi connectivity index (χ1) is 12.5. The maximum atomic E-state index is 12.7. The Bertz CT molecular complexity index is 857. The Kier molecular flexibility index (Phi) is 5.79. The number of anilines is 1. The van der Waals surface area contributed by atoms with Gasteiger partial charge in [0.2, 0.25) is 0 Å². The highest BCUT2D eigenvalue weighted by Crippen LogP contribution is 2.32. The molecule has 2 aromatic rings. The van der Waals surface area contributed by atoms with Gasteiger partial charge in [-0.1, -0.05) is 80.3 Å². The van der Waals surface area contributed by atoms with Gasteiger partial charge >= 0.3 is 0 Å². The molecular weight excluding hydrogens is 360 g/mol. The zero-order valence-electron chi connectivity index (χ0n) is 15.2. The Morgan fingerprint density at radius 3 is 2.50 bits per heavy atom. The predicted molar refractivity (Wildman–Crippen MR) is 115 cm³/mol. The van der Waals surface area contributed by atoms with Gasteiger partial charge in [-0.3, -0.25) is 9.69 Å². The minimum atomic E-state index is -0.0472. The first kappa shape index (κ1) is 18.7. The Morgan fingerprint density at radius 1 is 1.15 bits per heavy atom. The molecule has 0 bridgehead atoms. The fourth-order valence-corrected chi connectivity index (χ4v) is 3.96. The number of aryl methyl sites for hydroxylation is 1. The zero-order chi connectivity index (χ0) is 18.7. The monoisotopic (exact) mass is 382 g/mol. The van der Waals surface area contributed by atoms with E-state index in [1.54, 1.807) is 4.90 Å². The molecule has 1 amide bonds. The summed E-state index contributed by atoms with van der Waals surface area (Å²) in [6.07, 6.45) is 1.91. The summed E-state index contributed by atoms with van der Waals surface area (Å²) in [5.74, 6) is 0.448. The van der Waals surface area contributed by atoms with Gasteiger partial charge in [-0.2, -0.15) is 0 Å². The topological polar surface area (TPSA) is 32.3 Å². The molecule has 0 spiro atoms. The van der Waals surface area contributed by atoms with E-state index in [-0.39, 0.29) is 5.91 Å². The lowest BCUT2D eigenvalue weighted by atomic mass is 10.0. The van der Waals surface area contributed by atoms with Crippen LogP contribution in [0.1, 0.15) is 36.5 Å². The molecule has 0 saturated carbocycles. The molecule has 1 N–H and O–H groups in total. The van der Waals surface area contributed by atoms with Crippen molar-refractivity contribution in [1.29, 1.82) is 0 Å². The van der Waals surface area contributed by atoms with Crippen LogP contribution in [0.3, 0.4) is 0 Å². The van der Waals surface area contributed by atoms with E-state index in [2.05, 4.69) is 31.3 Å². The first-order valence-electron chi connectivity index (χ1n) is 8.60. The van der Waals surface area contributed by atoms with E-state index in [1.807, 2.05) is 49.4 Å². The van der Waals surface area contributed by atoms with E-state index >= 15 is 0 Å². The molecular formula is C21H22N2OS2. The third-order valence-electron chi connectivity index (χ3n) is 4.35. The minimum Gasteiger partial charge on any atom is -0.367 e. The number of benzene rings is 2. The van der Waals surface area contributed by atoms with Gasteiger partial charge < -0.3 is 5.32 Å². The Morgan fingerprint density at radius 2 is 1.85 bits per heavy atom. The molecule has 2 aromatic carbocycles. The molecule has 0 aromatic heterocycles. The molecule has 1 aliphatic heterocycles. The summed E-state index contributed by atoms with van der Waals surface area (Å²) < 4.78 is 0.584. The normalized spacial score (nSPS) is 16.0. The number of hydrogen-bond donors (Lipinski definition) is 1. The fourth-order valence-electron chi connectivity index (χ4n) is 2.70. The van der Waals surface area contributed by atoms with Crippen molar-refractivity contribution in [2.75, 3.05) is 12.0 Å². The van der Waals surface area contributed by atoms with E-state index in [9.17, 15) is 4.79 Å². The predicted octanol–water partition coefficient (Wildman–Crippen LogP) is 5.39. The lowest BCUT2D eigenvalue weighted by Gasteiger charge is -2.17. The van der Waals surface area contributed by atoms with E-state index in [4.69, 9.17) is 12.2 Å². The van der Waals surface area contributed by atoms with Gasteiger partial charge in [0, 0.05) is 5.69 Å². The van der Waals surface area contributed by atoms with Gasteiger partial charge in [0.25, 0.3) is 5.91 Å². The van der Waals surface area contributed by atoms with Crippen molar-refractivity contribution < 1.29 is 4.79 Å². The second kappa shape index (κ2) is 8.06. The number of para-hydroxylation sites is 1. The van der Waals surface area contributed by atoms with Gasteiger partial charge in [0.1, 0.15) is 4.32 Å². The van der Waals surface area contributed by atoms with Gasteiger partial charge in [-0.05, 0) is 41.7 Å². The molecule has 0 radical (unpaired) electrons. The van der Waals surface area contributed by atoms with Crippen LogP contribution in [0, 0.1) is 6.92 Å². The van der Waals surface area contributed by atoms with Crippen molar-refractivity contribution >= 4 is 46.0 Å². The summed E-state index contributed by atoms with van der Waals surface area (Å²) >= 11 is 6.76. The van der Waals surface area contributed by atoms with Crippen LogP contribution in [0.25, 0.3) is 6.08 Å². The molecule has 1 fully saturated rings. The molecule has 1 saturated heterocycles. The SMILES string of the molecule is Cc1ccccc1NCN1C(=O)/C(=C/c2ccc(C(C)C)cc2)SC1=S.